The van der Waals surface area contributed by atoms with Gasteiger partial charge in [0.15, 0.2) is 11.5 Å². The van der Waals surface area contributed by atoms with Gasteiger partial charge in [0.2, 0.25) is 0 Å². The molecule has 1 fully saturated rings. The van der Waals surface area contributed by atoms with Crippen molar-refractivity contribution in [3.63, 3.8) is 0 Å². The fraction of sp³-hybridized carbons (Fsp3) is 0.462. The molecule has 6 heteroatoms. The first-order chi connectivity index (χ1) is 8.95. The number of nitrogens with one attached hydrogen (secondary N) is 1. The fourth-order valence-electron chi connectivity index (χ4n) is 2.39. The van der Waals surface area contributed by atoms with Gasteiger partial charge >= 0.3 is 5.97 Å². The second kappa shape index (κ2) is 5.27. The van der Waals surface area contributed by atoms with Crippen LogP contribution >= 0.6 is 11.6 Å². The number of halogens is 1. The van der Waals surface area contributed by atoms with E-state index < -0.39 is 11.9 Å². The normalized spacial score (nSPS) is 22.5. The van der Waals surface area contributed by atoms with Gasteiger partial charge < -0.3 is 20.3 Å². The Kier molecular flexibility index (Phi) is 3.87. The van der Waals surface area contributed by atoms with Gasteiger partial charge in [0.05, 0.1) is 18.1 Å². The van der Waals surface area contributed by atoms with Crippen molar-refractivity contribution >= 4 is 17.6 Å². The number of benzene rings is 1. The van der Waals surface area contributed by atoms with Crippen molar-refractivity contribution in [2.45, 2.75) is 19.4 Å². The van der Waals surface area contributed by atoms with Crippen LogP contribution in [0, 0.1) is 12.8 Å². The minimum absolute atomic E-state index is 0.0263. The van der Waals surface area contributed by atoms with Crippen molar-refractivity contribution in [1.82, 2.24) is 5.32 Å². The maximum atomic E-state index is 11.0. The van der Waals surface area contributed by atoms with Crippen LogP contribution in [0.15, 0.2) is 6.07 Å². The quantitative estimate of drug-likeness (QED) is 0.793. The number of methoxy groups -OCH3 is 1. The number of phenols is 1. The van der Waals surface area contributed by atoms with Crippen molar-refractivity contribution in [2.24, 2.45) is 5.92 Å². The first-order valence-electron chi connectivity index (χ1n) is 5.97. The Bertz CT molecular complexity index is 518. The van der Waals surface area contributed by atoms with Gasteiger partial charge in [-0.15, -0.1) is 0 Å². The summed E-state index contributed by atoms with van der Waals surface area (Å²) in [5, 5.41) is 22.7. The van der Waals surface area contributed by atoms with E-state index in [1.807, 2.05) is 6.92 Å². The lowest BCUT2D eigenvalue weighted by molar-refractivity contribution is -0.141. The second-order valence-corrected chi connectivity index (χ2v) is 5.08. The Balaban J connectivity index is 2.40. The van der Waals surface area contributed by atoms with E-state index in [-0.39, 0.29) is 11.8 Å². The molecule has 19 heavy (non-hydrogen) atoms. The van der Waals surface area contributed by atoms with Gasteiger partial charge in [-0.2, -0.15) is 0 Å². The molecule has 5 nitrogen and oxygen atoms in total. The zero-order valence-corrected chi connectivity index (χ0v) is 11.5. The van der Waals surface area contributed by atoms with Crippen LogP contribution in [0.3, 0.4) is 0 Å². The summed E-state index contributed by atoms with van der Waals surface area (Å²) in [6, 6.07) is 1.38. The summed E-state index contributed by atoms with van der Waals surface area (Å²) in [4.78, 5) is 11.0. The topological polar surface area (TPSA) is 78.8 Å². The Morgan fingerprint density at radius 1 is 1.58 bits per heavy atom. The minimum Gasteiger partial charge on any atom is -0.504 e. The Labute approximate surface area is 116 Å². The van der Waals surface area contributed by atoms with Gasteiger partial charge in [-0.1, -0.05) is 11.6 Å². The van der Waals surface area contributed by atoms with Crippen LogP contribution in [-0.2, 0) is 4.79 Å². The average molecular weight is 286 g/mol. The monoisotopic (exact) mass is 285 g/mol. The van der Waals surface area contributed by atoms with Gasteiger partial charge in [-0.3, -0.25) is 4.79 Å². The lowest BCUT2D eigenvalue weighted by Gasteiger charge is -2.18. The van der Waals surface area contributed by atoms with Crippen LogP contribution in [0.4, 0.5) is 0 Å². The number of hydrogen-bond donors (Lipinski definition) is 3. The van der Waals surface area contributed by atoms with Gasteiger partial charge in [-0.05, 0) is 25.0 Å². The predicted molar refractivity (Wildman–Crippen MR) is 70.9 cm³/mol. The maximum absolute atomic E-state index is 11.0. The largest absolute Gasteiger partial charge is 0.504 e. The lowest BCUT2D eigenvalue weighted by Crippen LogP contribution is -2.17. The van der Waals surface area contributed by atoms with Gasteiger partial charge in [0.25, 0.3) is 0 Å². The minimum atomic E-state index is -0.842. The number of ether oxygens (including phenoxy) is 1. The molecule has 2 unspecified atom stereocenters. The number of rotatable bonds is 3. The molecule has 104 valence electrons. The lowest BCUT2D eigenvalue weighted by atomic mass is 9.97. The van der Waals surface area contributed by atoms with Crippen molar-refractivity contribution in [1.29, 1.82) is 0 Å². The summed E-state index contributed by atoms with van der Waals surface area (Å²) in [5.74, 6) is -0.990. The van der Waals surface area contributed by atoms with Crippen molar-refractivity contribution in [3.8, 4) is 11.5 Å². The van der Waals surface area contributed by atoms with Crippen LogP contribution in [0.5, 0.6) is 11.5 Å². The number of carboxylic acids is 1. The Morgan fingerprint density at radius 2 is 2.26 bits per heavy atom. The van der Waals surface area contributed by atoms with Gasteiger partial charge in [0.1, 0.15) is 0 Å². The summed E-state index contributed by atoms with van der Waals surface area (Å²) < 4.78 is 5.10. The molecular weight excluding hydrogens is 270 g/mol. The highest BCUT2D eigenvalue weighted by Crippen LogP contribution is 2.44. The third-order valence-corrected chi connectivity index (χ3v) is 3.97. The van der Waals surface area contributed by atoms with Gasteiger partial charge in [0, 0.05) is 18.2 Å². The van der Waals surface area contributed by atoms with Crippen molar-refractivity contribution in [2.75, 3.05) is 13.7 Å². The number of phenolic OH excluding ortho intramolecular Hbond substituents is 1. The highest BCUT2D eigenvalue weighted by atomic mass is 35.5. The van der Waals surface area contributed by atoms with E-state index in [2.05, 4.69) is 5.32 Å². The molecule has 1 aliphatic rings. The number of hydrogen-bond acceptors (Lipinski definition) is 4. The van der Waals surface area contributed by atoms with Crippen LogP contribution in [0.1, 0.15) is 23.6 Å². The van der Waals surface area contributed by atoms with Crippen molar-refractivity contribution < 1.29 is 19.7 Å². The number of aryl methyl sites for hydroxylation is 1. The second-order valence-electron chi connectivity index (χ2n) is 4.70. The molecular formula is C13H16ClNO4. The number of aliphatic carboxylic acids is 1. The number of carbonyl (C=O) groups is 1. The average Bonchev–Trinajstić information content (AvgIpc) is 2.83. The molecule has 2 rings (SSSR count). The van der Waals surface area contributed by atoms with E-state index in [0.29, 0.717) is 29.3 Å². The highest BCUT2D eigenvalue weighted by molar-refractivity contribution is 6.32. The summed E-state index contributed by atoms with van der Waals surface area (Å²) >= 11 is 6.23. The molecule has 3 N–H and O–H groups in total. The molecule has 0 bridgehead atoms. The SMILES string of the molecule is COc1cc(C)c(Cl)c(C2CC(C(=O)O)CN2)c1O. The first-order valence-corrected chi connectivity index (χ1v) is 6.35. The van der Waals surface area contributed by atoms with E-state index in [9.17, 15) is 9.90 Å². The van der Waals surface area contributed by atoms with E-state index >= 15 is 0 Å². The summed E-state index contributed by atoms with van der Waals surface area (Å²) in [7, 11) is 1.47. The van der Waals surface area contributed by atoms with E-state index in [1.165, 1.54) is 7.11 Å². The van der Waals surface area contributed by atoms with Crippen molar-refractivity contribution in [3.05, 3.63) is 22.2 Å². The molecule has 1 aliphatic heterocycles. The van der Waals surface area contributed by atoms with E-state index in [0.717, 1.165) is 5.56 Å². The maximum Gasteiger partial charge on any atom is 0.307 e. The van der Waals surface area contributed by atoms with Crippen LogP contribution in [-0.4, -0.2) is 29.8 Å². The molecule has 0 aliphatic carbocycles. The fourth-order valence-corrected chi connectivity index (χ4v) is 2.67. The van der Waals surface area contributed by atoms with E-state index in [4.69, 9.17) is 21.4 Å². The molecule has 0 aromatic heterocycles. The van der Waals surface area contributed by atoms with E-state index in [1.54, 1.807) is 6.07 Å². The Hall–Kier alpha value is -1.46. The number of aromatic hydroxyl groups is 1. The third kappa shape index (κ3) is 2.48. The smallest absolute Gasteiger partial charge is 0.307 e. The Morgan fingerprint density at radius 3 is 2.79 bits per heavy atom. The molecule has 0 radical (unpaired) electrons. The highest BCUT2D eigenvalue weighted by Gasteiger charge is 2.33. The molecule has 0 amide bonds. The summed E-state index contributed by atoms with van der Waals surface area (Å²) in [6.07, 6.45) is 0.398. The predicted octanol–water partition coefficient (Wildman–Crippen LogP) is 2.10. The molecule has 0 spiro atoms. The zero-order valence-electron chi connectivity index (χ0n) is 10.7. The number of carboxylic acid groups (broad SMARTS) is 1. The van der Waals surface area contributed by atoms with Gasteiger partial charge in [-0.25, -0.2) is 0 Å². The van der Waals surface area contributed by atoms with Crippen LogP contribution < -0.4 is 10.1 Å². The molecule has 2 atom stereocenters. The third-order valence-electron chi connectivity index (χ3n) is 3.47. The molecule has 1 heterocycles. The van der Waals surface area contributed by atoms with Crippen LogP contribution in [0.2, 0.25) is 5.02 Å². The standard InChI is InChI=1S/C13H16ClNO4/c1-6-3-9(19-2)12(16)10(11(6)14)8-4-7(5-15-8)13(17)18/h3,7-8,15-16H,4-5H2,1-2H3,(H,17,18). The summed E-state index contributed by atoms with van der Waals surface area (Å²) in [5.41, 5.74) is 1.30. The molecule has 0 saturated carbocycles. The molecule has 1 saturated heterocycles. The summed E-state index contributed by atoms with van der Waals surface area (Å²) in [6.45, 7) is 2.18. The molecule has 1 aromatic carbocycles. The first kappa shape index (κ1) is 14.0. The molecule has 1 aromatic rings. The van der Waals surface area contributed by atoms with Crippen LogP contribution in [0.25, 0.3) is 0 Å². The zero-order chi connectivity index (χ0) is 14.2.